The minimum Gasteiger partial charge on any atom is -0.758 e. The fraction of sp³-hybridized carbons (Fsp3) is 0.440. The van der Waals surface area contributed by atoms with Gasteiger partial charge in [0.2, 0.25) is 0 Å². The van der Waals surface area contributed by atoms with Crippen molar-refractivity contribution in [3.05, 3.63) is 70.8 Å². The van der Waals surface area contributed by atoms with E-state index < -0.39 is 0 Å². The summed E-state index contributed by atoms with van der Waals surface area (Å²) in [5, 5.41) is 15.0. The number of anilines is 1. The topological polar surface area (TPSA) is 45.3 Å². The highest BCUT2D eigenvalue weighted by atomic mass is 19.1. The van der Waals surface area contributed by atoms with Crippen molar-refractivity contribution in [2.45, 2.75) is 50.5 Å². The number of nitrogens with one attached hydrogen (secondary N) is 1. The van der Waals surface area contributed by atoms with Gasteiger partial charge in [0.1, 0.15) is 5.82 Å². The maximum Gasteiger partial charge on any atom is 0.123 e. The number of aromatic nitrogens is 1. The zero-order valence-electron chi connectivity index (χ0n) is 17.3. The number of aromatic amines is 1. The molecule has 3 heterocycles. The summed E-state index contributed by atoms with van der Waals surface area (Å²) >= 11 is 0. The van der Waals surface area contributed by atoms with Crippen LogP contribution in [-0.4, -0.2) is 35.6 Å². The third-order valence-electron chi connectivity index (χ3n) is 7.02. The molecule has 30 heavy (non-hydrogen) atoms. The summed E-state index contributed by atoms with van der Waals surface area (Å²) in [6.45, 7) is 3.20. The number of hydroxylamine groups is 1. The van der Waals surface area contributed by atoms with Crippen LogP contribution in [0.1, 0.15) is 49.1 Å². The molecule has 2 aromatic carbocycles. The number of rotatable bonds is 5. The van der Waals surface area contributed by atoms with Gasteiger partial charge in [0.25, 0.3) is 0 Å². The van der Waals surface area contributed by atoms with Crippen molar-refractivity contribution in [3.63, 3.8) is 0 Å². The lowest BCUT2D eigenvalue weighted by Gasteiger charge is -2.44. The maximum absolute atomic E-state index is 13.7. The second-order valence-electron chi connectivity index (χ2n) is 8.84. The number of aryl methyl sites for hydroxylation is 1. The van der Waals surface area contributed by atoms with Crippen molar-refractivity contribution in [1.29, 1.82) is 0 Å². The lowest BCUT2D eigenvalue weighted by Crippen LogP contribution is -2.37. The fourth-order valence-corrected chi connectivity index (χ4v) is 5.31. The van der Waals surface area contributed by atoms with Crippen molar-refractivity contribution in [1.82, 2.24) is 9.88 Å². The van der Waals surface area contributed by atoms with Gasteiger partial charge >= 0.3 is 0 Å². The number of hydrogen-bond donors (Lipinski definition) is 1. The molecule has 158 valence electrons. The first kappa shape index (κ1) is 19.6. The highest BCUT2D eigenvalue weighted by molar-refractivity contribution is 5.83. The van der Waals surface area contributed by atoms with Crippen molar-refractivity contribution in [2.75, 3.05) is 24.7 Å². The summed E-state index contributed by atoms with van der Waals surface area (Å²) in [6.07, 6.45) is 8.26. The molecular weight excluding hydrogens is 377 g/mol. The van der Waals surface area contributed by atoms with Crippen LogP contribution in [0.4, 0.5) is 10.1 Å². The number of piperidine rings is 1. The normalized spacial score (nSPS) is 20.6. The molecule has 1 atom stereocenters. The molecule has 5 rings (SSSR count). The molecule has 0 radical (unpaired) electrons. The van der Waals surface area contributed by atoms with Gasteiger partial charge in [-0.05, 0) is 99.5 Å². The highest BCUT2D eigenvalue weighted by Crippen LogP contribution is 2.34. The molecule has 0 saturated carbocycles. The standard InChI is InChI=1S/C25H29FN3O/c26-20-8-10-24-22(16-20)23(17-27-24)18-11-14-28(15-12-18)13-3-5-21-9-7-19-4-1-2-6-25(19)29(21)30/h1-2,4,6,8,10,16-18,21,27H,3,5,7,9,11-15H2/q-1. The average molecular weight is 407 g/mol. The number of hydrogen-bond acceptors (Lipinski definition) is 3. The van der Waals surface area contributed by atoms with E-state index in [9.17, 15) is 9.60 Å². The summed E-state index contributed by atoms with van der Waals surface area (Å²) in [5.41, 5.74) is 4.32. The van der Waals surface area contributed by atoms with Crippen LogP contribution in [0, 0.1) is 11.0 Å². The fourth-order valence-electron chi connectivity index (χ4n) is 5.31. The monoisotopic (exact) mass is 406 g/mol. The highest BCUT2D eigenvalue weighted by Gasteiger charge is 2.24. The second-order valence-corrected chi connectivity index (χ2v) is 8.84. The van der Waals surface area contributed by atoms with Crippen LogP contribution in [0.2, 0.25) is 0 Å². The predicted molar refractivity (Wildman–Crippen MR) is 120 cm³/mol. The van der Waals surface area contributed by atoms with E-state index in [-0.39, 0.29) is 11.9 Å². The summed E-state index contributed by atoms with van der Waals surface area (Å²) in [4.78, 5) is 5.82. The van der Waals surface area contributed by atoms with Gasteiger partial charge in [0, 0.05) is 28.8 Å². The Bertz CT molecular complexity index is 1010. The quantitative estimate of drug-likeness (QED) is 0.601. The first-order chi connectivity index (χ1) is 14.7. The van der Waals surface area contributed by atoms with Crippen LogP contribution >= 0.6 is 0 Å². The van der Waals surface area contributed by atoms with Crippen LogP contribution in [0.5, 0.6) is 0 Å². The lowest BCUT2D eigenvalue weighted by atomic mass is 9.89. The van der Waals surface area contributed by atoms with Gasteiger partial charge in [-0.3, -0.25) is 0 Å². The van der Waals surface area contributed by atoms with E-state index >= 15 is 0 Å². The Hall–Kier alpha value is -2.37. The molecule has 1 saturated heterocycles. The van der Waals surface area contributed by atoms with Crippen molar-refractivity contribution in [3.8, 4) is 0 Å². The minimum atomic E-state index is -0.168. The number of fused-ring (bicyclic) bond motifs is 2. The van der Waals surface area contributed by atoms with Crippen molar-refractivity contribution >= 4 is 16.6 Å². The zero-order chi connectivity index (χ0) is 20.5. The molecule has 0 aliphatic carbocycles. The van der Waals surface area contributed by atoms with E-state index in [0.717, 1.165) is 74.7 Å². The first-order valence-electron chi connectivity index (χ1n) is 11.2. The molecule has 1 aromatic heterocycles. The smallest absolute Gasteiger partial charge is 0.123 e. The number of halogens is 1. The molecule has 1 unspecified atom stereocenters. The molecule has 2 aliphatic rings. The van der Waals surface area contributed by atoms with Crippen molar-refractivity contribution in [2.24, 2.45) is 0 Å². The van der Waals surface area contributed by atoms with E-state index in [0.29, 0.717) is 5.92 Å². The number of H-pyrrole nitrogens is 1. The lowest BCUT2D eigenvalue weighted by molar-refractivity contribution is 0.207. The second kappa shape index (κ2) is 8.40. The van der Waals surface area contributed by atoms with E-state index in [2.05, 4.69) is 22.1 Å². The molecule has 0 amide bonds. The molecule has 0 bridgehead atoms. The summed E-state index contributed by atoms with van der Waals surface area (Å²) in [7, 11) is 0. The first-order valence-corrected chi connectivity index (χ1v) is 11.2. The van der Waals surface area contributed by atoms with Gasteiger partial charge in [-0.2, -0.15) is 0 Å². The van der Waals surface area contributed by atoms with Gasteiger partial charge in [0.05, 0.1) is 0 Å². The van der Waals surface area contributed by atoms with Crippen LogP contribution < -0.4 is 5.06 Å². The summed E-state index contributed by atoms with van der Waals surface area (Å²) in [6, 6.07) is 13.1. The average Bonchev–Trinajstić information content (AvgIpc) is 3.19. The van der Waals surface area contributed by atoms with Crippen LogP contribution in [0.25, 0.3) is 10.9 Å². The SMILES string of the molecule is [O-]N1c2ccccc2CCC1CCCN1CCC(c2c[nH]c3ccc(F)cc23)CC1. The maximum atomic E-state index is 13.7. The molecule has 3 aromatic rings. The molecule has 4 nitrogen and oxygen atoms in total. The Morgan fingerprint density at radius 3 is 2.77 bits per heavy atom. The Kier molecular flexibility index (Phi) is 5.48. The van der Waals surface area contributed by atoms with Gasteiger partial charge in [0.15, 0.2) is 0 Å². The van der Waals surface area contributed by atoms with E-state index in [4.69, 9.17) is 0 Å². The molecule has 0 spiro atoms. The molecule has 1 N–H and O–H groups in total. The third-order valence-corrected chi connectivity index (χ3v) is 7.02. The van der Waals surface area contributed by atoms with E-state index in [1.807, 2.05) is 24.3 Å². The Morgan fingerprint density at radius 2 is 1.90 bits per heavy atom. The largest absolute Gasteiger partial charge is 0.758 e. The number of para-hydroxylation sites is 1. The summed E-state index contributed by atoms with van der Waals surface area (Å²) in [5.74, 6) is 0.322. The zero-order valence-corrected chi connectivity index (χ0v) is 17.3. The van der Waals surface area contributed by atoms with Crippen LogP contribution in [0.3, 0.4) is 0 Å². The Labute approximate surface area is 177 Å². The number of benzene rings is 2. The molecule has 2 aliphatic heterocycles. The molecule has 1 fully saturated rings. The molecular formula is C25H29FN3O-. The van der Waals surface area contributed by atoms with E-state index in [1.54, 1.807) is 6.07 Å². The number of nitrogens with zero attached hydrogens (tertiary/aromatic N) is 2. The van der Waals surface area contributed by atoms with Crippen LogP contribution in [-0.2, 0) is 6.42 Å². The Morgan fingerprint density at radius 1 is 1.07 bits per heavy atom. The summed E-state index contributed by atoms with van der Waals surface area (Å²) < 4.78 is 13.7. The van der Waals surface area contributed by atoms with Crippen LogP contribution in [0.15, 0.2) is 48.7 Å². The van der Waals surface area contributed by atoms with Gasteiger partial charge in [-0.1, -0.05) is 18.2 Å². The van der Waals surface area contributed by atoms with Gasteiger partial charge in [-0.15, -0.1) is 0 Å². The molecule has 5 heteroatoms. The minimum absolute atomic E-state index is 0.110. The third kappa shape index (κ3) is 3.84. The van der Waals surface area contributed by atoms with Crippen molar-refractivity contribution < 1.29 is 4.39 Å². The van der Waals surface area contributed by atoms with Gasteiger partial charge < -0.3 is 20.2 Å². The number of likely N-dealkylation sites (tertiary alicyclic amines) is 1. The van der Waals surface area contributed by atoms with Gasteiger partial charge in [-0.25, -0.2) is 4.39 Å². The van der Waals surface area contributed by atoms with E-state index in [1.165, 1.54) is 22.3 Å². The Balaban J connectivity index is 1.12. The predicted octanol–water partition coefficient (Wildman–Crippen LogP) is 5.59.